The van der Waals surface area contributed by atoms with E-state index in [1.807, 2.05) is 24.0 Å². The molecule has 0 bridgehead atoms. The van der Waals surface area contributed by atoms with Gasteiger partial charge in [0.2, 0.25) is 0 Å². The standard InChI is InChI=1S/C15H25N3S/c1-3-11(2)19-10-14(18-16)13-8-4-6-12-7-5-9-17-15(12)13/h5,7,9,11,13-14,18H,3-4,6,8,10,16H2,1-2H3. The van der Waals surface area contributed by atoms with Crippen LogP contribution in [0.4, 0.5) is 0 Å². The zero-order chi connectivity index (χ0) is 13.7. The Morgan fingerprint density at radius 3 is 3.16 bits per heavy atom. The SMILES string of the molecule is CCC(C)SCC(NN)C1CCCc2cccnc21. The van der Waals surface area contributed by atoms with E-state index < -0.39 is 0 Å². The molecule has 1 aromatic rings. The van der Waals surface area contributed by atoms with Crippen molar-refractivity contribution < 1.29 is 0 Å². The molecule has 4 heteroatoms. The summed E-state index contributed by atoms with van der Waals surface area (Å²) in [7, 11) is 0. The fourth-order valence-corrected chi connectivity index (χ4v) is 3.80. The third-order valence-electron chi connectivity index (χ3n) is 4.07. The van der Waals surface area contributed by atoms with Crippen LogP contribution >= 0.6 is 11.8 Å². The van der Waals surface area contributed by atoms with E-state index in [4.69, 9.17) is 5.84 Å². The molecule has 3 atom stereocenters. The topological polar surface area (TPSA) is 50.9 Å². The summed E-state index contributed by atoms with van der Waals surface area (Å²) < 4.78 is 0. The number of nitrogens with zero attached hydrogens (tertiary/aromatic N) is 1. The second-order valence-corrected chi connectivity index (χ2v) is 6.84. The van der Waals surface area contributed by atoms with Crippen molar-refractivity contribution in [1.82, 2.24) is 10.4 Å². The number of rotatable bonds is 6. The van der Waals surface area contributed by atoms with E-state index in [9.17, 15) is 0 Å². The summed E-state index contributed by atoms with van der Waals surface area (Å²) in [5.74, 6) is 7.32. The van der Waals surface area contributed by atoms with Crippen LogP contribution in [0.2, 0.25) is 0 Å². The Kier molecular flexibility index (Phi) is 5.67. The Hall–Kier alpha value is -0.580. The Morgan fingerprint density at radius 1 is 1.58 bits per heavy atom. The number of pyridine rings is 1. The summed E-state index contributed by atoms with van der Waals surface area (Å²) in [6.07, 6.45) is 6.72. The summed E-state index contributed by atoms with van der Waals surface area (Å²) >= 11 is 2.01. The van der Waals surface area contributed by atoms with Gasteiger partial charge in [-0.3, -0.25) is 16.3 Å². The third-order valence-corrected chi connectivity index (χ3v) is 5.53. The summed E-state index contributed by atoms with van der Waals surface area (Å²) in [5, 5.41) is 0.697. The van der Waals surface area contributed by atoms with Gasteiger partial charge >= 0.3 is 0 Å². The van der Waals surface area contributed by atoms with E-state index in [1.54, 1.807) is 0 Å². The van der Waals surface area contributed by atoms with E-state index in [0.717, 1.165) is 12.2 Å². The lowest BCUT2D eigenvalue weighted by Gasteiger charge is -2.31. The van der Waals surface area contributed by atoms with Gasteiger partial charge in [0.15, 0.2) is 0 Å². The van der Waals surface area contributed by atoms with Crippen molar-refractivity contribution in [2.75, 3.05) is 5.75 Å². The molecule has 0 radical (unpaired) electrons. The van der Waals surface area contributed by atoms with Gasteiger partial charge in [-0.2, -0.15) is 11.8 Å². The molecule has 0 saturated carbocycles. The predicted octanol–water partition coefficient (Wildman–Crippen LogP) is 2.87. The first kappa shape index (κ1) is 14.8. The molecule has 0 aromatic carbocycles. The quantitative estimate of drug-likeness (QED) is 0.621. The Labute approximate surface area is 120 Å². The predicted molar refractivity (Wildman–Crippen MR) is 83.2 cm³/mol. The molecule has 0 aliphatic heterocycles. The average Bonchev–Trinajstić information content (AvgIpc) is 2.47. The molecule has 19 heavy (non-hydrogen) atoms. The van der Waals surface area contributed by atoms with Crippen LogP contribution in [0.5, 0.6) is 0 Å². The molecule has 3 N–H and O–H groups in total. The van der Waals surface area contributed by atoms with Crippen LogP contribution in [0.25, 0.3) is 0 Å². The van der Waals surface area contributed by atoms with Crippen molar-refractivity contribution >= 4 is 11.8 Å². The van der Waals surface area contributed by atoms with Crippen molar-refractivity contribution in [3.05, 3.63) is 29.6 Å². The Morgan fingerprint density at radius 2 is 2.42 bits per heavy atom. The lowest BCUT2D eigenvalue weighted by Crippen LogP contribution is -2.43. The summed E-state index contributed by atoms with van der Waals surface area (Å²) in [4.78, 5) is 4.61. The van der Waals surface area contributed by atoms with Gasteiger partial charge in [-0.15, -0.1) is 0 Å². The van der Waals surface area contributed by atoms with Crippen molar-refractivity contribution in [3.8, 4) is 0 Å². The van der Waals surface area contributed by atoms with E-state index in [-0.39, 0.29) is 0 Å². The Bertz CT molecular complexity index is 397. The van der Waals surface area contributed by atoms with Crippen LogP contribution in [0.1, 0.15) is 50.3 Å². The molecule has 1 aliphatic carbocycles. The van der Waals surface area contributed by atoms with E-state index in [0.29, 0.717) is 17.2 Å². The number of nitrogens with two attached hydrogens (primary N) is 1. The van der Waals surface area contributed by atoms with Gasteiger partial charge in [-0.25, -0.2) is 0 Å². The number of hydrogen-bond donors (Lipinski definition) is 2. The van der Waals surface area contributed by atoms with Crippen molar-refractivity contribution in [1.29, 1.82) is 0 Å². The molecule has 3 nitrogen and oxygen atoms in total. The van der Waals surface area contributed by atoms with E-state index in [1.165, 1.54) is 30.5 Å². The average molecular weight is 279 g/mol. The summed E-state index contributed by atoms with van der Waals surface area (Å²) in [6, 6.07) is 4.58. The zero-order valence-electron chi connectivity index (χ0n) is 11.9. The molecular weight excluding hydrogens is 254 g/mol. The molecule has 0 spiro atoms. The van der Waals surface area contributed by atoms with Crippen LogP contribution in [0.3, 0.4) is 0 Å². The fraction of sp³-hybridized carbons (Fsp3) is 0.667. The zero-order valence-corrected chi connectivity index (χ0v) is 12.7. The van der Waals surface area contributed by atoms with Crippen molar-refractivity contribution in [2.45, 2.75) is 56.7 Å². The Balaban J connectivity index is 2.07. The lowest BCUT2D eigenvalue weighted by molar-refractivity contribution is 0.417. The van der Waals surface area contributed by atoms with E-state index in [2.05, 4.69) is 30.3 Å². The summed E-state index contributed by atoms with van der Waals surface area (Å²) in [5.41, 5.74) is 5.71. The normalized spacial score (nSPS) is 21.7. The van der Waals surface area contributed by atoms with Gasteiger partial charge in [-0.1, -0.05) is 19.9 Å². The smallest absolute Gasteiger partial charge is 0.0482 e. The highest BCUT2D eigenvalue weighted by Crippen LogP contribution is 2.33. The van der Waals surface area contributed by atoms with Gasteiger partial charge in [0.1, 0.15) is 0 Å². The molecule has 0 saturated heterocycles. The second kappa shape index (κ2) is 7.27. The number of nitrogens with one attached hydrogen (secondary N) is 1. The molecule has 1 aromatic heterocycles. The fourth-order valence-electron chi connectivity index (χ4n) is 2.70. The van der Waals surface area contributed by atoms with Crippen LogP contribution in [0.15, 0.2) is 18.3 Å². The number of aryl methyl sites for hydroxylation is 1. The van der Waals surface area contributed by atoms with Crippen LogP contribution in [-0.2, 0) is 6.42 Å². The first-order chi connectivity index (χ1) is 9.26. The minimum absolute atomic E-state index is 0.327. The molecule has 106 valence electrons. The van der Waals surface area contributed by atoms with Crippen LogP contribution in [0, 0.1) is 0 Å². The van der Waals surface area contributed by atoms with Crippen molar-refractivity contribution in [2.24, 2.45) is 5.84 Å². The van der Waals surface area contributed by atoms with Crippen LogP contribution < -0.4 is 11.3 Å². The molecule has 0 amide bonds. The first-order valence-corrected chi connectivity index (χ1v) is 8.32. The summed E-state index contributed by atoms with van der Waals surface area (Å²) in [6.45, 7) is 4.52. The van der Waals surface area contributed by atoms with Crippen LogP contribution in [-0.4, -0.2) is 22.0 Å². The molecule has 2 rings (SSSR count). The van der Waals surface area contributed by atoms with Gasteiger partial charge in [-0.05, 0) is 37.3 Å². The van der Waals surface area contributed by atoms with Gasteiger partial charge in [0.25, 0.3) is 0 Å². The number of hydrogen-bond acceptors (Lipinski definition) is 4. The maximum Gasteiger partial charge on any atom is 0.0482 e. The maximum absolute atomic E-state index is 5.80. The second-order valence-electron chi connectivity index (χ2n) is 5.37. The van der Waals surface area contributed by atoms with E-state index >= 15 is 0 Å². The maximum atomic E-state index is 5.80. The molecule has 1 heterocycles. The number of thioether (sulfide) groups is 1. The minimum Gasteiger partial charge on any atom is -0.271 e. The third kappa shape index (κ3) is 3.71. The molecule has 3 unspecified atom stereocenters. The molecule has 1 aliphatic rings. The lowest BCUT2D eigenvalue weighted by atomic mass is 9.83. The largest absolute Gasteiger partial charge is 0.271 e. The highest BCUT2D eigenvalue weighted by atomic mass is 32.2. The first-order valence-electron chi connectivity index (χ1n) is 7.27. The van der Waals surface area contributed by atoms with Gasteiger partial charge in [0.05, 0.1) is 0 Å². The van der Waals surface area contributed by atoms with Gasteiger partial charge in [0, 0.05) is 34.9 Å². The minimum atomic E-state index is 0.327. The molecule has 0 fully saturated rings. The highest BCUT2D eigenvalue weighted by Gasteiger charge is 2.28. The van der Waals surface area contributed by atoms with Gasteiger partial charge < -0.3 is 0 Å². The highest BCUT2D eigenvalue weighted by molar-refractivity contribution is 7.99. The number of aromatic nitrogens is 1. The monoisotopic (exact) mass is 279 g/mol. The number of fused-ring (bicyclic) bond motifs is 1. The number of hydrazine groups is 1. The molecular formula is C15H25N3S. The van der Waals surface area contributed by atoms with Crippen molar-refractivity contribution in [3.63, 3.8) is 0 Å².